The van der Waals surface area contributed by atoms with Crippen LogP contribution in [0.4, 0.5) is 0 Å². The van der Waals surface area contributed by atoms with Gasteiger partial charge in [0.15, 0.2) is 0 Å². The fraction of sp³-hybridized carbons (Fsp3) is 1.00. The number of aliphatic hydroxyl groups excluding tert-OH is 2. The Morgan fingerprint density at radius 3 is 2.53 bits per heavy atom. The molecule has 6 fully saturated rings. The fourth-order valence-corrected chi connectivity index (χ4v) is 10.3. The number of hydrogen-bond donors (Lipinski definition) is 4. The Hall–Kier alpha value is -0.280. The van der Waals surface area contributed by atoms with Crippen LogP contribution in [-0.2, 0) is 9.47 Å². The van der Waals surface area contributed by atoms with Crippen LogP contribution in [-0.4, -0.2) is 94.8 Å². The minimum atomic E-state index is -1.41. The zero-order valence-electron chi connectivity index (χ0n) is 18.3. The summed E-state index contributed by atoms with van der Waals surface area (Å²) in [5.41, 5.74) is -3.43. The molecule has 30 heavy (non-hydrogen) atoms. The summed E-state index contributed by atoms with van der Waals surface area (Å²) in [4.78, 5) is 2.33. The molecule has 5 aliphatic carbocycles. The van der Waals surface area contributed by atoms with E-state index in [2.05, 4.69) is 11.8 Å². The van der Waals surface area contributed by atoms with Crippen molar-refractivity contribution >= 4 is 0 Å². The highest BCUT2D eigenvalue weighted by Crippen LogP contribution is 2.79. The standard InChI is InChI=1S/C23H37NO6/c1-4-24-10-20(11-29-2)6-5-16(25)23-13-7-12-14(30-3)8-21(27,17(13)18(12)26)22(28,19(23)24)9-15(20)23/h12-19,25-28H,4-11H2,1-3H3. The summed E-state index contributed by atoms with van der Waals surface area (Å²) >= 11 is 0. The topological polar surface area (TPSA) is 103 Å². The lowest BCUT2D eigenvalue weighted by atomic mass is 9.42. The summed E-state index contributed by atoms with van der Waals surface area (Å²) in [7, 11) is 3.38. The molecule has 1 saturated heterocycles. The van der Waals surface area contributed by atoms with Gasteiger partial charge in [-0.2, -0.15) is 0 Å². The van der Waals surface area contributed by atoms with Crippen LogP contribution in [0.25, 0.3) is 0 Å². The molecule has 1 spiro atoms. The monoisotopic (exact) mass is 423 g/mol. The van der Waals surface area contributed by atoms with Crippen LogP contribution in [0.3, 0.4) is 0 Å². The molecular formula is C23H37NO6. The Morgan fingerprint density at radius 1 is 1.10 bits per heavy atom. The zero-order valence-corrected chi connectivity index (χ0v) is 18.3. The van der Waals surface area contributed by atoms with E-state index < -0.39 is 34.7 Å². The first kappa shape index (κ1) is 20.3. The van der Waals surface area contributed by atoms with Gasteiger partial charge in [-0.15, -0.1) is 0 Å². The van der Waals surface area contributed by atoms with Gasteiger partial charge in [0, 0.05) is 55.9 Å². The number of ether oxygens (including phenoxy) is 2. The fourth-order valence-electron chi connectivity index (χ4n) is 10.3. The highest BCUT2D eigenvalue weighted by molar-refractivity contribution is 5.38. The summed E-state index contributed by atoms with van der Waals surface area (Å²) in [6.07, 6.45) is 1.61. The van der Waals surface area contributed by atoms with E-state index in [4.69, 9.17) is 9.47 Å². The van der Waals surface area contributed by atoms with E-state index in [1.54, 1.807) is 14.2 Å². The number of nitrogens with zero attached hydrogens (tertiary/aromatic N) is 1. The highest BCUT2D eigenvalue weighted by atomic mass is 16.5. The molecule has 1 heterocycles. The first-order chi connectivity index (χ1) is 14.2. The van der Waals surface area contributed by atoms with Crippen molar-refractivity contribution in [2.75, 3.05) is 33.9 Å². The third-order valence-electron chi connectivity index (χ3n) is 11.0. The molecular weight excluding hydrogens is 386 g/mol. The van der Waals surface area contributed by atoms with E-state index in [1.807, 2.05) is 0 Å². The molecule has 6 rings (SSSR count). The Bertz CT molecular complexity index is 751. The maximum atomic E-state index is 12.4. The normalized spacial score (nSPS) is 63.3. The minimum absolute atomic E-state index is 0.0266. The maximum absolute atomic E-state index is 12.4. The first-order valence-electron chi connectivity index (χ1n) is 11.8. The first-order valence-corrected chi connectivity index (χ1v) is 11.8. The lowest BCUT2D eigenvalue weighted by molar-refractivity contribution is -0.312. The second kappa shape index (κ2) is 5.99. The van der Waals surface area contributed by atoms with Crippen molar-refractivity contribution in [3.05, 3.63) is 0 Å². The van der Waals surface area contributed by atoms with Crippen molar-refractivity contribution < 1.29 is 29.9 Å². The molecule has 0 aromatic heterocycles. The molecule has 7 nitrogen and oxygen atoms in total. The van der Waals surface area contributed by atoms with Gasteiger partial charge in [-0.05, 0) is 44.1 Å². The van der Waals surface area contributed by atoms with E-state index in [-0.39, 0.29) is 35.3 Å². The molecule has 0 aromatic carbocycles. The molecule has 7 bridgehead atoms. The third kappa shape index (κ3) is 1.84. The van der Waals surface area contributed by atoms with Crippen molar-refractivity contribution in [1.82, 2.24) is 4.90 Å². The van der Waals surface area contributed by atoms with E-state index in [0.29, 0.717) is 25.9 Å². The number of aliphatic hydroxyl groups is 4. The molecule has 6 aliphatic rings. The molecule has 12 unspecified atom stereocenters. The molecule has 0 aromatic rings. The van der Waals surface area contributed by atoms with Crippen LogP contribution in [0.2, 0.25) is 0 Å². The van der Waals surface area contributed by atoms with Crippen LogP contribution >= 0.6 is 0 Å². The number of likely N-dealkylation sites (tertiary alicyclic amines) is 1. The molecule has 7 heteroatoms. The molecule has 12 atom stereocenters. The number of fused-ring (bicyclic) bond motifs is 2. The van der Waals surface area contributed by atoms with Crippen LogP contribution in [0.5, 0.6) is 0 Å². The van der Waals surface area contributed by atoms with Crippen LogP contribution in [0.1, 0.15) is 39.0 Å². The van der Waals surface area contributed by atoms with Gasteiger partial charge in [0.05, 0.1) is 24.9 Å². The summed E-state index contributed by atoms with van der Waals surface area (Å²) in [5, 5.41) is 47.7. The number of hydrogen-bond acceptors (Lipinski definition) is 7. The maximum Gasteiger partial charge on any atom is 0.110 e. The predicted octanol–water partition coefficient (Wildman–Crippen LogP) is -0.00800. The summed E-state index contributed by atoms with van der Waals surface area (Å²) in [5.74, 6) is -0.409. The highest BCUT2D eigenvalue weighted by Gasteiger charge is 2.88. The van der Waals surface area contributed by atoms with Gasteiger partial charge in [0.1, 0.15) is 11.2 Å². The van der Waals surface area contributed by atoms with Crippen molar-refractivity contribution in [1.29, 1.82) is 0 Å². The largest absolute Gasteiger partial charge is 0.392 e. The number of methoxy groups -OCH3 is 2. The van der Waals surface area contributed by atoms with E-state index in [9.17, 15) is 20.4 Å². The molecule has 1 aliphatic heterocycles. The third-order valence-corrected chi connectivity index (χ3v) is 11.0. The van der Waals surface area contributed by atoms with Crippen molar-refractivity contribution in [2.24, 2.45) is 34.5 Å². The van der Waals surface area contributed by atoms with E-state index >= 15 is 0 Å². The second-order valence-electron chi connectivity index (χ2n) is 11.4. The minimum Gasteiger partial charge on any atom is -0.392 e. The van der Waals surface area contributed by atoms with Crippen molar-refractivity contribution in [3.8, 4) is 0 Å². The molecule has 0 radical (unpaired) electrons. The van der Waals surface area contributed by atoms with Gasteiger partial charge in [-0.25, -0.2) is 0 Å². The van der Waals surface area contributed by atoms with Crippen LogP contribution in [0, 0.1) is 34.5 Å². The lowest BCUT2D eigenvalue weighted by Gasteiger charge is -2.70. The average molecular weight is 424 g/mol. The lowest BCUT2D eigenvalue weighted by Crippen LogP contribution is -2.81. The van der Waals surface area contributed by atoms with Gasteiger partial charge >= 0.3 is 0 Å². The predicted molar refractivity (Wildman–Crippen MR) is 108 cm³/mol. The van der Waals surface area contributed by atoms with Crippen LogP contribution < -0.4 is 0 Å². The number of likely N-dealkylation sites (N-methyl/N-ethyl adjacent to an activating group) is 1. The smallest absolute Gasteiger partial charge is 0.110 e. The molecule has 0 amide bonds. The van der Waals surface area contributed by atoms with Gasteiger partial charge in [-0.1, -0.05) is 6.92 Å². The Morgan fingerprint density at radius 2 is 1.87 bits per heavy atom. The average Bonchev–Trinajstić information content (AvgIpc) is 3.10. The SMILES string of the molecule is CCN1CC2(COC)CCC(O)C34C5CC6C(OC)CC(O)(C5C6O)C(O)(CC23)C14. The van der Waals surface area contributed by atoms with E-state index in [1.165, 1.54) is 0 Å². The quantitative estimate of drug-likeness (QED) is 0.504. The van der Waals surface area contributed by atoms with Crippen LogP contribution in [0.15, 0.2) is 0 Å². The Kier molecular flexibility index (Phi) is 4.06. The second-order valence-corrected chi connectivity index (χ2v) is 11.4. The van der Waals surface area contributed by atoms with Gasteiger partial charge < -0.3 is 29.9 Å². The Labute approximate surface area is 178 Å². The summed E-state index contributed by atoms with van der Waals surface area (Å²) < 4.78 is 11.5. The number of rotatable bonds is 4. The molecule has 5 saturated carbocycles. The summed E-state index contributed by atoms with van der Waals surface area (Å²) in [6.45, 7) is 4.30. The van der Waals surface area contributed by atoms with Gasteiger partial charge in [-0.3, -0.25) is 4.90 Å². The van der Waals surface area contributed by atoms with Crippen molar-refractivity contribution in [3.63, 3.8) is 0 Å². The number of piperidine rings is 1. The zero-order chi connectivity index (χ0) is 21.3. The van der Waals surface area contributed by atoms with Gasteiger partial charge in [0.2, 0.25) is 0 Å². The summed E-state index contributed by atoms with van der Waals surface area (Å²) in [6, 6.07) is -0.298. The van der Waals surface area contributed by atoms with Gasteiger partial charge in [0.25, 0.3) is 0 Å². The van der Waals surface area contributed by atoms with Crippen molar-refractivity contribution in [2.45, 2.75) is 74.6 Å². The molecule has 4 N–H and O–H groups in total. The Balaban J connectivity index is 1.62. The van der Waals surface area contributed by atoms with E-state index in [0.717, 1.165) is 25.9 Å². The molecule has 170 valence electrons.